The van der Waals surface area contributed by atoms with Gasteiger partial charge in [0.05, 0.1) is 0 Å². The van der Waals surface area contributed by atoms with Crippen LogP contribution in [0.3, 0.4) is 0 Å². The average Bonchev–Trinajstić information content (AvgIpc) is 3.11. The molecule has 2 aliphatic rings. The fourth-order valence-corrected chi connectivity index (χ4v) is 4.11. The van der Waals surface area contributed by atoms with Crippen LogP contribution < -0.4 is 0 Å². The van der Waals surface area contributed by atoms with Crippen LogP contribution in [0.5, 0.6) is 0 Å². The fourth-order valence-electron chi connectivity index (χ4n) is 4.11. The summed E-state index contributed by atoms with van der Waals surface area (Å²) in [6, 6.07) is 10.6. The summed E-state index contributed by atoms with van der Waals surface area (Å²) in [7, 11) is 0. The van der Waals surface area contributed by atoms with Crippen molar-refractivity contribution in [1.82, 2.24) is 9.80 Å². The van der Waals surface area contributed by atoms with E-state index in [1.165, 1.54) is 5.56 Å². The maximum absolute atomic E-state index is 12.9. The third-order valence-corrected chi connectivity index (χ3v) is 5.65. The van der Waals surface area contributed by atoms with Crippen molar-refractivity contribution >= 4 is 11.8 Å². The van der Waals surface area contributed by atoms with E-state index in [0.717, 1.165) is 71.4 Å². The van der Waals surface area contributed by atoms with Crippen LogP contribution in [-0.4, -0.2) is 60.5 Å². The molecule has 0 N–H and O–H groups in total. The fraction of sp³-hybridized carbons (Fsp3) is 0.636. The number of benzene rings is 1. The first kappa shape index (κ1) is 19.9. The van der Waals surface area contributed by atoms with E-state index in [2.05, 4.69) is 17.0 Å². The number of ether oxygens (including phenoxy) is 1. The summed E-state index contributed by atoms with van der Waals surface area (Å²) < 4.78 is 5.48. The van der Waals surface area contributed by atoms with Gasteiger partial charge in [0.15, 0.2) is 0 Å². The summed E-state index contributed by atoms with van der Waals surface area (Å²) in [6.45, 7) is 3.88. The number of carbonyl (C=O) groups excluding carboxylic acids is 2. The van der Waals surface area contributed by atoms with Gasteiger partial charge in [0.1, 0.15) is 0 Å². The Kier molecular flexibility index (Phi) is 7.69. The predicted octanol–water partition coefficient (Wildman–Crippen LogP) is 3.03. The quantitative estimate of drug-likeness (QED) is 0.669. The third-order valence-electron chi connectivity index (χ3n) is 5.65. The molecule has 1 aromatic carbocycles. The van der Waals surface area contributed by atoms with Crippen LogP contribution in [-0.2, 0) is 20.7 Å². The molecule has 1 aromatic rings. The van der Waals surface area contributed by atoms with E-state index in [-0.39, 0.29) is 17.9 Å². The van der Waals surface area contributed by atoms with Crippen LogP contribution in [0.25, 0.3) is 0 Å². The SMILES string of the molecule is O=C1CCCN1CCCN(C(=O)CCCc1ccccc1)C1CCOCC1. The lowest BCUT2D eigenvalue weighted by Gasteiger charge is -2.35. The normalized spacial score (nSPS) is 18.1. The van der Waals surface area contributed by atoms with Gasteiger partial charge in [-0.3, -0.25) is 9.59 Å². The van der Waals surface area contributed by atoms with Crippen LogP contribution >= 0.6 is 0 Å². The molecule has 5 nitrogen and oxygen atoms in total. The van der Waals surface area contributed by atoms with Crippen LogP contribution in [0.4, 0.5) is 0 Å². The molecule has 0 unspecified atom stereocenters. The number of likely N-dealkylation sites (tertiary alicyclic amines) is 1. The van der Waals surface area contributed by atoms with E-state index in [0.29, 0.717) is 12.8 Å². The molecule has 2 amide bonds. The highest BCUT2D eigenvalue weighted by molar-refractivity contribution is 5.78. The van der Waals surface area contributed by atoms with Crippen molar-refractivity contribution in [2.75, 3.05) is 32.8 Å². The zero-order valence-electron chi connectivity index (χ0n) is 16.3. The molecule has 0 atom stereocenters. The van der Waals surface area contributed by atoms with E-state index in [1.807, 2.05) is 23.1 Å². The van der Waals surface area contributed by atoms with Gasteiger partial charge in [-0.1, -0.05) is 30.3 Å². The van der Waals surface area contributed by atoms with Crippen LogP contribution in [0.2, 0.25) is 0 Å². The van der Waals surface area contributed by atoms with Gasteiger partial charge in [-0.15, -0.1) is 0 Å². The number of nitrogens with zero attached hydrogens (tertiary/aromatic N) is 2. The smallest absolute Gasteiger partial charge is 0.222 e. The Hall–Kier alpha value is -1.88. The lowest BCUT2D eigenvalue weighted by Crippen LogP contribution is -2.44. The van der Waals surface area contributed by atoms with Gasteiger partial charge in [0.25, 0.3) is 0 Å². The van der Waals surface area contributed by atoms with Crippen LogP contribution in [0, 0.1) is 0 Å². The number of hydrogen-bond acceptors (Lipinski definition) is 3. The summed E-state index contributed by atoms with van der Waals surface area (Å²) >= 11 is 0. The Labute approximate surface area is 162 Å². The largest absolute Gasteiger partial charge is 0.381 e. The standard InChI is InChI=1S/C22H32N2O3/c25-21-11-5-14-23(21)15-6-16-24(20-12-17-27-18-13-20)22(26)10-4-9-19-7-2-1-3-8-19/h1-3,7-8,20H,4-6,9-18H2. The van der Waals surface area contributed by atoms with Crippen molar-refractivity contribution in [3.63, 3.8) is 0 Å². The van der Waals surface area contributed by atoms with Gasteiger partial charge >= 0.3 is 0 Å². The van der Waals surface area contributed by atoms with E-state index in [9.17, 15) is 9.59 Å². The number of amides is 2. The van der Waals surface area contributed by atoms with Crippen molar-refractivity contribution in [2.45, 2.75) is 57.4 Å². The number of carbonyl (C=O) groups is 2. The second-order valence-electron chi connectivity index (χ2n) is 7.61. The summed E-state index contributed by atoms with van der Waals surface area (Å²) in [4.78, 5) is 28.7. The van der Waals surface area contributed by atoms with Crippen LogP contribution in [0.1, 0.15) is 50.5 Å². The zero-order valence-corrected chi connectivity index (χ0v) is 16.3. The maximum atomic E-state index is 12.9. The molecule has 27 heavy (non-hydrogen) atoms. The van der Waals surface area contributed by atoms with Gasteiger partial charge in [0, 0.05) is 51.7 Å². The Balaban J connectivity index is 1.48. The minimum absolute atomic E-state index is 0.255. The predicted molar refractivity (Wildman–Crippen MR) is 105 cm³/mol. The van der Waals surface area contributed by atoms with Gasteiger partial charge in [0.2, 0.25) is 11.8 Å². The zero-order chi connectivity index (χ0) is 18.9. The van der Waals surface area contributed by atoms with E-state index >= 15 is 0 Å². The van der Waals surface area contributed by atoms with Gasteiger partial charge < -0.3 is 14.5 Å². The first-order valence-electron chi connectivity index (χ1n) is 10.4. The number of aryl methyl sites for hydroxylation is 1. The molecule has 0 bridgehead atoms. The highest BCUT2D eigenvalue weighted by atomic mass is 16.5. The molecule has 2 aliphatic heterocycles. The van der Waals surface area contributed by atoms with Gasteiger partial charge in [-0.2, -0.15) is 0 Å². The number of hydrogen-bond donors (Lipinski definition) is 0. The third kappa shape index (κ3) is 6.06. The topological polar surface area (TPSA) is 49.9 Å². The first-order valence-corrected chi connectivity index (χ1v) is 10.4. The van der Waals surface area contributed by atoms with Gasteiger partial charge in [-0.25, -0.2) is 0 Å². The maximum Gasteiger partial charge on any atom is 0.222 e. The molecule has 2 saturated heterocycles. The Bertz CT molecular complexity index is 599. The highest BCUT2D eigenvalue weighted by Crippen LogP contribution is 2.18. The van der Waals surface area contributed by atoms with Crippen molar-refractivity contribution in [1.29, 1.82) is 0 Å². The van der Waals surface area contributed by atoms with E-state index < -0.39 is 0 Å². The minimum atomic E-state index is 0.255. The molecule has 0 spiro atoms. The molecule has 0 radical (unpaired) electrons. The van der Waals surface area contributed by atoms with Crippen LogP contribution in [0.15, 0.2) is 30.3 Å². The van der Waals surface area contributed by atoms with Crippen molar-refractivity contribution in [3.8, 4) is 0 Å². The summed E-state index contributed by atoms with van der Waals surface area (Å²) in [5, 5.41) is 0. The highest BCUT2D eigenvalue weighted by Gasteiger charge is 2.26. The molecule has 3 rings (SSSR count). The Morgan fingerprint density at radius 1 is 1.15 bits per heavy atom. The lowest BCUT2D eigenvalue weighted by molar-refractivity contribution is -0.135. The molecule has 0 aliphatic carbocycles. The van der Waals surface area contributed by atoms with Crippen molar-refractivity contribution < 1.29 is 14.3 Å². The average molecular weight is 373 g/mol. The molecule has 148 valence electrons. The molecular weight excluding hydrogens is 340 g/mol. The monoisotopic (exact) mass is 372 g/mol. The minimum Gasteiger partial charge on any atom is -0.381 e. The second-order valence-corrected chi connectivity index (χ2v) is 7.61. The summed E-state index contributed by atoms with van der Waals surface area (Å²) in [5.41, 5.74) is 1.29. The summed E-state index contributed by atoms with van der Waals surface area (Å²) in [5.74, 6) is 0.521. The van der Waals surface area contributed by atoms with Gasteiger partial charge in [-0.05, 0) is 44.1 Å². The lowest BCUT2D eigenvalue weighted by atomic mass is 10.0. The Morgan fingerprint density at radius 2 is 1.93 bits per heavy atom. The van der Waals surface area contributed by atoms with Crippen molar-refractivity contribution in [2.24, 2.45) is 0 Å². The molecule has 0 aromatic heterocycles. The first-order chi connectivity index (χ1) is 13.2. The van der Waals surface area contributed by atoms with E-state index in [4.69, 9.17) is 4.74 Å². The Morgan fingerprint density at radius 3 is 2.63 bits per heavy atom. The van der Waals surface area contributed by atoms with E-state index in [1.54, 1.807) is 0 Å². The molecule has 2 heterocycles. The molecule has 0 saturated carbocycles. The second kappa shape index (κ2) is 10.5. The molecular formula is C22H32N2O3. The molecule has 5 heteroatoms. The van der Waals surface area contributed by atoms with Crippen molar-refractivity contribution in [3.05, 3.63) is 35.9 Å². The summed E-state index contributed by atoms with van der Waals surface area (Å²) in [6.07, 6.45) is 6.79. The number of rotatable bonds is 9. The molecule has 2 fully saturated rings.